The van der Waals surface area contributed by atoms with Gasteiger partial charge in [-0.1, -0.05) is 33.6 Å². The Morgan fingerprint density at radius 2 is 2.10 bits per heavy atom. The molecule has 0 saturated heterocycles. The highest BCUT2D eigenvalue weighted by Gasteiger charge is 2.33. The number of unbranched alkanes of at least 4 members (excludes halogenated alkanes) is 1. The summed E-state index contributed by atoms with van der Waals surface area (Å²) < 4.78 is 1.68. The number of carboxylic acid groups (broad SMARTS) is 1. The van der Waals surface area contributed by atoms with E-state index < -0.39 is 11.4 Å². The van der Waals surface area contributed by atoms with Crippen LogP contribution >= 0.6 is 0 Å². The Hall–Kier alpha value is -1.46. The van der Waals surface area contributed by atoms with Crippen molar-refractivity contribution in [1.29, 1.82) is 0 Å². The third-order valence-electron chi connectivity index (χ3n) is 4.12. The van der Waals surface area contributed by atoms with Crippen LogP contribution in [0.25, 0.3) is 0 Å². The van der Waals surface area contributed by atoms with Gasteiger partial charge in [-0.05, 0) is 36.6 Å². The van der Waals surface area contributed by atoms with Crippen LogP contribution in [0.4, 0.5) is 0 Å². The van der Waals surface area contributed by atoms with E-state index in [2.05, 4.69) is 29.4 Å². The Morgan fingerprint density at radius 3 is 2.60 bits per heavy atom. The molecule has 0 radical (unpaired) electrons. The summed E-state index contributed by atoms with van der Waals surface area (Å²) in [5.74, 6) is 0.324. The van der Waals surface area contributed by atoms with Crippen molar-refractivity contribution in [3.8, 4) is 0 Å². The largest absolute Gasteiger partial charge is 0.481 e. The molecule has 1 aromatic heterocycles. The molecule has 0 saturated carbocycles. The van der Waals surface area contributed by atoms with E-state index in [0.717, 1.165) is 31.5 Å². The van der Waals surface area contributed by atoms with Crippen LogP contribution in [0.3, 0.4) is 0 Å². The lowest BCUT2D eigenvalue weighted by Gasteiger charge is -2.24. The molecule has 0 fully saturated rings. The van der Waals surface area contributed by atoms with Gasteiger partial charge in [-0.3, -0.25) is 4.79 Å². The third kappa shape index (κ3) is 3.77. The second-order valence-corrected chi connectivity index (χ2v) is 5.66. The molecule has 0 spiro atoms. The first-order valence-corrected chi connectivity index (χ1v) is 7.47. The van der Waals surface area contributed by atoms with Gasteiger partial charge in [0, 0.05) is 5.92 Å². The van der Waals surface area contributed by atoms with Crippen molar-refractivity contribution in [3.05, 3.63) is 5.82 Å². The average Bonchev–Trinajstić information content (AvgIpc) is 2.87. The normalized spacial score (nSPS) is 15.8. The van der Waals surface area contributed by atoms with E-state index in [1.165, 1.54) is 0 Å². The fraction of sp³-hybridized carbons (Fsp3) is 0.857. The fourth-order valence-electron chi connectivity index (χ4n) is 2.24. The fourth-order valence-corrected chi connectivity index (χ4v) is 2.24. The van der Waals surface area contributed by atoms with E-state index in [0.29, 0.717) is 18.9 Å². The smallest absolute Gasteiger partial charge is 0.311 e. The van der Waals surface area contributed by atoms with Crippen LogP contribution in [0, 0.1) is 5.41 Å². The lowest BCUT2D eigenvalue weighted by molar-refractivity contribution is -0.149. The second kappa shape index (κ2) is 7.36. The highest BCUT2D eigenvalue weighted by atomic mass is 16.4. The summed E-state index contributed by atoms with van der Waals surface area (Å²) in [6.45, 7) is 8.23. The van der Waals surface area contributed by atoms with Gasteiger partial charge in [-0.2, -0.15) is 0 Å². The Bertz CT molecular complexity index is 433. The van der Waals surface area contributed by atoms with Gasteiger partial charge >= 0.3 is 5.97 Å². The molecule has 6 heteroatoms. The summed E-state index contributed by atoms with van der Waals surface area (Å²) >= 11 is 0. The first-order valence-electron chi connectivity index (χ1n) is 7.47. The van der Waals surface area contributed by atoms with Crippen molar-refractivity contribution in [2.45, 2.75) is 72.3 Å². The van der Waals surface area contributed by atoms with Gasteiger partial charge in [0.15, 0.2) is 5.82 Å². The van der Waals surface area contributed by atoms with Crippen molar-refractivity contribution in [2.24, 2.45) is 5.41 Å². The van der Waals surface area contributed by atoms with Crippen molar-refractivity contribution in [1.82, 2.24) is 20.2 Å². The summed E-state index contributed by atoms with van der Waals surface area (Å²) in [7, 11) is 0. The molecule has 0 aromatic carbocycles. The zero-order chi connectivity index (χ0) is 15.2. The molecule has 2 atom stereocenters. The quantitative estimate of drug-likeness (QED) is 0.753. The van der Waals surface area contributed by atoms with Gasteiger partial charge in [0.1, 0.15) is 0 Å². The van der Waals surface area contributed by atoms with E-state index in [1.807, 2.05) is 6.92 Å². The molecule has 20 heavy (non-hydrogen) atoms. The van der Waals surface area contributed by atoms with Crippen LogP contribution in [0.15, 0.2) is 0 Å². The minimum Gasteiger partial charge on any atom is -0.481 e. The lowest BCUT2D eigenvalue weighted by atomic mass is 9.87. The molecule has 0 aliphatic carbocycles. The highest BCUT2D eigenvalue weighted by Crippen LogP contribution is 2.28. The van der Waals surface area contributed by atoms with Gasteiger partial charge in [0.05, 0.1) is 12.0 Å². The van der Waals surface area contributed by atoms with Crippen LogP contribution in [0.1, 0.15) is 71.5 Å². The summed E-state index contributed by atoms with van der Waals surface area (Å²) in [6, 6.07) is 0. The first kappa shape index (κ1) is 16.6. The Balaban J connectivity index is 2.92. The van der Waals surface area contributed by atoms with Crippen LogP contribution in [0.5, 0.6) is 0 Å². The molecule has 0 amide bonds. The number of tetrazole rings is 1. The summed E-state index contributed by atoms with van der Waals surface area (Å²) in [4.78, 5) is 11.4. The van der Waals surface area contributed by atoms with Gasteiger partial charge in [-0.15, -0.1) is 5.10 Å². The van der Waals surface area contributed by atoms with Gasteiger partial charge < -0.3 is 5.11 Å². The minimum absolute atomic E-state index is 0.305. The zero-order valence-corrected chi connectivity index (χ0v) is 13.0. The Kier molecular flexibility index (Phi) is 6.10. The van der Waals surface area contributed by atoms with Gasteiger partial charge in [-0.25, -0.2) is 4.68 Å². The number of nitrogens with zero attached hydrogens (tertiary/aromatic N) is 4. The lowest BCUT2D eigenvalue weighted by Crippen LogP contribution is -2.33. The molecule has 2 unspecified atom stereocenters. The maximum Gasteiger partial charge on any atom is 0.311 e. The molecule has 0 aliphatic heterocycles. The molecule has 0 aliphatic rings. The van der Waals surface area contributed by atoms with Gasteiger partial charge in [0.25, 0.3) is 0 Å². The number of carboxylic acids is 1. The maximum absolute atomic E-state index is 11.4. The van der Waals surface area contributed by atoms with Crippen LogP contribution in [0.2, 0.25) is 0 Å². The summed E-state index contributed by atoms with van der Waals surface area (Å²) in [5, 5.41) is 21.3. The molecule has 0 bridgehead atoms. The molecule has 1 heterocycles. The highest BCUT2D eigenvalue weighted by molar-refractivity contribution is 5.73. The summed E-state index contributed by atoms with van der Waals surface area (Å²) in [6.07, 6.45) is 4.84. The number of aliphatic carboxylic acids is 1. The Morgan fingerprint density at radius 1 is 1.40 bits per heavy atom. The predicted octanol–water partition coefficient (Wildman–Crippen LogP) is 2.86. The van der Waals surface area contributed by atoms with E-state index >= 15 is 0 Å². The molecular formula is C14H26N4O2. The monoisotopic (exact) mass is 282 g/mol. The summed E-state index contributed by atoms with van der Waals surface area (Å²) in [5.41, 5.74) is -0.826. The standard InChI is InChI=1S/C14H26N4O2/c1-5-8-9-11(6-2)12-15-16-17-18(12)10-14(4,7-3)13(19)20/h11H,5-10H2,1-4H3,(H,19,20). The molecule has 6 nitrogen and oxygen atoms in total. The van der Waals surface area contributed by atoms with Crippen molar-refractivity contribution in [2.75, 3.05) is 0 Å². The van der Waals surface area contributed by atoms with Gasteiger partial charge in [0.2, 0.25) is 0 Å². The van der Waals surface area contributed by atoms with E-state index in [9.17, 15) is 9.90 Å². The number of rotatable bonds is 9. The zero-order valence-electron chi connectivity index (χ0n) is 13.0. The number of aromatic nitrogens is 4. The SMILES string of the molecule is CCCCC(CC)c1nnnn1CC(C)(CC)C(=O)O. The second-order valence-electron chi connectivity index (χ2n) is 5.66. The van der Waals surface area contributed by atoms with Crippen molar-refractivity contribution >= 4 is 5.97 Å². The predicted molar refractivity (Wildman–Crippen MR) is 76.4 cm³/mol. The van der Waals surface area contributed by atoms with Crippen LogP contribution in [-0.2, 0) is 11.3 Å². The van der Waals surface area contributed by atoms with E-state index in [-0.39, 0.29) is 0 Å². The van der Waals surface area contributed by atoms with Crippen LogP contribution in [-0.4, -0.2) is 31.3 Å². The Labute approximate surface area is 120 Å². The third-order valence-corrected chi connectivity index (χ3v) is 4.12. The van der Waals surface area contributed by atoms with Crippen molar-refractivity contribution in [3.63, 3.8) is 0 Å². The maximum atomic E-state index is 11.4. The molecular weight excluding hydrogens is 256 g/mol. The van der Waals surface area contributed by atoms with Crippen LogP contribution < -0.4 is 0 Å². The van der Waals surface area contributed by atoms with E-state index in [1.54, 1.807) is 11.6 Å². The minimum atomic E-state index is -0.826. The molecule has 1 rings (SSSR count). The molecule has 114 valence electrons. The van der Waals surface area contributed by atoms with Crippen molar-refractivity contribution < 1.29 is 9.90 Å². The van der Waals surface area contributed by atoms with E-state index in [4.69, 9.17) is 0 Å². The topological polar surface area (TPSA) is 80.9 Å². The number of carbonyl (C=O) groups is 1. The first-order chi connectivity index (χ1) is 9.48. The number of hydrogen-bond donors (Lipinski definition) is 1. The number of hydrogen-bond acceptors (Lipinski definition) is 4. The molecule has 1 N–H and O–H groups in total. The molecule has 1 aromatic rings. The average molecular weight is 282 g/mol.